The van der Waals surface area contributed by atoms with E-state index in [0.717, 1.165) is 5.76 Å². The molecule has 0 radical (unpaired) electrons. The molecule has 1 unspecified atom stereocenters. The van der Waals surface area contributed by atoms with Crippen molar-refractivity contribution in [1.29, 1.82) is 0 Å². The number of aliphatic hydroxyl groups excluding tert-OH is 1. The molecule has 1 saturated heterocycles. The fourth-order valence-electron chi connectivity index (χ4n) is 1.61. The summed E-state index contributed by atoms with van der Waals surface area (Å²) in [5, 5.41) is 9.74. The maximum absolute atomic E-state index is 9.74. The Balaban J connectivity index is 2.25. The van der Waals surface area contributed by atoms with E-state index >= 15 is 0 Å². The van der Waals surface area contributed by atoms with E-state index in [1.54, 1.807) is 12.3 Å². The van der Waals surface area contributed by atoms with Gasteiger partial charge in [0.2, 0.25) is 0 Å². The number of hydrogen-bond donors (Lipinski definition) is 2. The van der Waals surface area contributed by atoms with Crippen LogP contribution in [0.5, 0.6) is 0 Å². The van der Waals surface area contributed by atoms with Crippen LogP contribution < -0.4 is 5.73 Å². The second kappa shape index (κ2) is 3.14. The highest BCUT2D eigenvalue weighted by molar-refractivity contribution is 5.20. The Hall–Kier alpha value is -0.840. The van der Waals surface area contributed by atoms with Crippen molar-refractivity contribution in [3.05, 3.63) is 24.2 Å². The van der Waals surface area contributed by atoms with Gasteiger partial charge < -0.3 is 20.0 Å². The summed E-state index contributed by atoms with van der Waals surface area (Å²) in [6.45, 7) is 1.20. The van der Waals surface area contributed by atoms with Crippen LogP contribution in [-0.2, 0) is 10.2 Å². The molecule has 1 atom stereocenters. The summed E-state index contributed by atoms with van der Waals surface area (Å²) in [5.74, 6) is 0.761. The highest BCUT2D eigenvalue weighted by Crippen LogP contribution is 2.35. The molecule has 72 valence electrons. The highest BCUT2D eigenvalue weighted by atomic mass is 16.5. The predicted octanol–water partition coefficient (Wildman–Crippen LogP) is -0.133. The number of nitrogens with two attached hydrogens (primary N) is 1. The minimum atomic E-state index is -0.590. The lowest BCUT2D eigenvalue weighted by Gasteiger charge is -2.42. The van der Waals surface area contributed by atoms with Crippen molar-refractivity contribution in [2.24, 2.45) is 5.73 Å². The molecule has 2 heterocycles. The van der Waals surface area contributed by atoms with Gasteiger partial charge in [0.25, 0.3) is 0 Å². The molecule has 4 heteroatoms. The first-order valence-corrected chi connectivity index (χ1v) is 4.29. The first-order valence-electron chi connectivity index (χ1n) is 4.29. The van der Waals surface area contributed by atoms with Gasteiger partial charge >= 0.3 is 0 Å². The minimum absolute atomic E-state index is 0.226. The molecule has 13 heavy (non-hydrogen) atoms. The molecule has 1 fully saturated rings. The lowest BCUT2D eigenvalue weighted by atomic mass is 9.77. The third-order valence-corrected chi connectivity index (χ3v) is 2.59. The van der Waals surface area contributed by atoms with Gasteiger partial charge in [0.1, 0.15) is 11.2 Å². The van der Waals surface area contributed by atoms with E-state index in [-0.39, 0.29) is 6.54 Å². The Morgan fingerprint density at radius 1 is 1.62 bits per heavy atom. The van der Waals surface area contributed by atoms with Crippen LogP contribution in [0.3, 0.4) is 0 Å². The lowest BCUT2D eigenvalue weighted by molar-refractivity contribution is -0.125. The summed E-state index contributed by atoms with van der Waals surface area (Å²) in [7, 11) is 0. The maximum Gasteiger partial charge on any atom is 0.117 e. The second-order valence-electron chi connectivity index (χ2n) is 3.38. The Kier molecular flexibility index (Phi) is 2.11. The quantitative estimate of drug-likeness (QED) is 0.684. The standard InChI is InChI=1S/C9H13NO3/c10-4-7(11)9(5-12-6-9)8-2-1-3-13-8/h1-3,7,11H,4-6,10H2. The topological polar surface area (TPSA) is 68.6 Å². The fraction of sp³-hybridized carbons (Fsp3) is 0.556. The summed E-state index contributed by atoms with van der Waals surface area (Å²) in [5.41, 5.74) is 5.02. The summed E-state index contributed by atoms with van der Waals surface area (Å²) in [6, 6.07) is 3.65. The SMILES string of the molecule is NCC(O)C1(c2ccco2)COC1. The number of aliphatic hydroxyl groups is 1. The van der Waals surface area contributed by atoms with Crippen molar-refractivity contribution in [3.63, 3.8) is 0 Å². The molecule has 1 aliphatic rings. The van der Waals surface area contributed by atoms with E-state index in [2.05, 4.69) is 0 Å². The largest absolute Gasteiger partial charge is 0.468 e. The predicted molar refractivity (Wildman–Crippen MR) is 46.3 cm³/mol. The Morgan fingerprint density at radius 2 is 2.38 bits per heavy atom. The van der Waals surface area contributed by atoms with Gasteiger partial charge in [-0.25, -0.2) is 0 Å². The highest BCUT2D eigenvalue weighted by Gasteiger charge is 2.48. The van der Waals surface area contributed by atoms with E-state index in [4.69, 9.17) is 14.9 Å². The van der Waals surface area contributed by atoms with Crippen LogP contribution in [0.1, 0.15) is 5.76 Å². The van der Waals surface area contributed by atoms with Crippen molar-refractivity contribution >= 4 is 0 Å². The average molecular weight is 183 g/mol. The van der Waals surface area contributed by atoms with Crippen molar-refractivity contribution in [2.45, 2.75) is 11.5 Å². The molecular formula is C9H13NO3. The first-order chi connectivity index (χ1) is 6.29. The van der Waals surface area contributed by atoms with Crippen molar-refractivity contribution in [3.8, 4) is 0 Å². The van der Waals surface area contributed by atoms with E-state index in [0.29, 0.717) is 13.2 Å². The molecule has 2 rings (SSSR count). The van der Waals surface area contributed by atoms with E-state index in [1.807, 2.05) is 6.07 Å². The molecular weight excluding hydrogens is 170 g/mol. The van der Waals surface area contributed by atoms with Gasteiger partial charge in [0.15, 0.2) is 0 Å². The fourth-order valence-corrected chi connectivity index (χ4v) is 1.61. The van der Waals surface area contributed by atoms with Crippen LogP contribution in [0.25, 0.3) is 0 Å². The first kappa shape index (κ1) is 8.74. The summed E-state index contributed by atoms with van der Waals surface area (Å²) >= 11 is 0. The molecule has 4 nitrogen and oxygen atoms in total. The lowest BCUT2D eigenvalue weighted by Crippen LogP contribution is -2.57. The van der Waals surface area contributed by atoms with Gasteiger partial charge in [-0.2, -0.15) is 0 Å². The third kappa shape index (κ3) is 1.18. The van der Waals surface area contributed by atoms with Crippen molar-refractivity contribution < 1.29 is 14.3 Å². The maximum atomic E-state index is 9.74. The Morgan fingerprint density at radius 3 is 2.77 bits per heavy atom. The van der Waals surface area contributed by atoms with E-state index < -0.39 is 11.5 Å². The molecule has 0 aliphatic carbocycles. The Bertz CT molecular complexity index is 266. The zero-order chi connectivity index (χ0) is 9.31. The van der Waals surface area contributed by atoms with Gasteiger partial charge in [-0.3, -0.25) is 0 Å². The third-order valence-electron chi connectivity index (χ3n) is 2.59. The molecule has 1 aromatic rings. The molecule has 1 aliphatic heterocycles. The Labute approximate surface area is 76.3 Å². The van der Waals surface area contributed by atoms with Crippen molar-refractivity contribution in [1.82, 2.24) is 0 Å². The summed E-state index contributed by atoms with van der Waals surface area (Å²) in [6.07, 6.45) is 1.01. The van der Waals surface area contributed by atoms with E-state index in [1.165, 1.54) is 0 Å². The van der Waals surface area contributed by atoms with Crippen LogP contribution in [-0.4, -0.2) is 31.0 Å². The number of ether oxygens (including phenoxy) is 1. The van der Waals surface area contributed by atoms with Gasteiger partial charge in [0, 0.05) is 6.54 Å². The van der Waals surface area contributed by atoms with Crippen LogP contribution in [0.2, 0.25) is 0 Å². The monoisotopic (exact) mass is 183 g/mol. The van der Waals surface area contributed by atoms with Crippen LogP contribution in [0, 0.1) is 0 Å². The zero-order valence-corrected chi connectivity index (χ0v) is 7.27. The summed E-state index contributed by atoms with van der Waals surface area (Å²) < 4.78 is 10.4. The van der Waals surface area contributed by atoms with Gasteiger partial charge in [0.05, 0.1) is 25.6 Å². The van der Waals surface area contributed by atoms with Crippen molar-refractivity contribution in [2.75, 3.05) is 19.8 Å². The molecule has 0 spiro atoms. The minimum Gasteiger partial charge on any atom is -0.468 e. The molecule has 3 N–H and O–H groups in total. The normalized spacial score (nSPS) is 22.3. The smallest absolute Gasteiger partial charge is 0.117 e. The molecule has 1 aromatic heterocycles. The van der Waals surface area contributed by atoms with Crippen LogP contribution in [0.15, 0.2) is 22.8 Å². The summed E-state index contributed by atoms with van der Waals surface area (Å²) in [4.78, 5) is 0. The molecule has 0 saturated carbocycles. The second-order valence-corrected chi connectivity index (χ2v) is 3.38. The average Bonchev–Trinajstić information content (AvgIpc) is 2.55. The number of furan rings is 1. The van der Waals surface area contributed by atoms with Crippen LogP contribution >= 0.6 is 0 Å². The van der Waals surface area contributed by atoms with Gasteiger partial charge in [-0.1, -0.05) is 0 Å². The molecule has 0 aromatic carbocycles. The van der Waals surface area contributed by atoms with E-state index in [9.17, 15) is 5.11 Å². The zero-order valence-electron chi connectivity index (χ0n) is 7.27. The van der Waals surface area contributed by atoms with Gasteiger partial charge in [-0.15, -0.1) is 0 Å². The molecule has 0 bridgehead atoms. The number of hydrogen-bond acceptors (Lipinski definition) is 4. The van der Waals surface area contributed by atoms with Gasteiger partial charge in [-0.05, 0) is 12.1 Å². The number of rotatable bonds is 3. The van der Waals surface area contributed by atoms with Crippen LogP contribution in [0.4, 0.5) is 0 Å². The molecule has 0 amide bonds.